The maximum Gasteiger partial charge on any atom is 0.244 e. The van der Waals surface area contributed by atoms with E-state index in [1.165, 1.54) is 11.8 Å². The third-order valence-electron chi connectivity index (χ3n) is 5.66. The molecule has 2 aromatic rings. The van der Waals surface area contributed by atoms with Crippen molar-refractivity contribution in [3.05, 3.63) is 53.1 Å². The van der Waals surface area contributed by atoms with E-state index in [2.05, 4.69) is 5.32 Å². The molecular weight excluding hydrogens is 506 g/mol. The van der Waals surface area contributed by atoms with E-state index in [0.29, 0.717) is 29.7 Å². The number of hydrogen-bond acceptors (Lipinski definition) is 6. The summed E-state index contributed by atoms with van der Waals surface area (Å²) in [5, 5.41) is 3.36. The van der Waals surface area contributed by atoms with Gasteiger partial charge in [0.05, 0.1) is 11.4 Å². The molecule has 2 amide bonds. The van der Waals surface area contributed by atoms with Crippen LogP contribution in [-0.4, -0.2) is 62.7 Å². The molecule has 36 heavy (non-hydrogen) atoms. The highest BCUT2D eigenvalue weighted by atomic mass is 35.5. The Morgan fingerprint density at radius 1 is 1.03 bits per heavy atom. The number of rotatable bonds is 10. The van der Waals surface area contributed by atoms with E-state index < -0.39 is 28.5 Å². The summed E-state index contributed by atoms with van der Waals surface area (Å²) < 4.78 is 38.3. The van der Waals surface area contributed by atoms with E-state index in [-0.39, 0.29) is 29.9 Å². The number of carbonyl (C=O) groups is 2. The Kier molecular flexibility index (Phi) is 9.08. The second-order valence-corrected chi connectivity index (χ2v) is 11.3. The first-order valence-corrected chi connectivity index (χ1v) is 13.7. The number of halogens is 1. The van der Waals surface area contributed by atoms with Crippen LogP contribution >= 0.6 is 11.6 Å². The number of anilines is 1. The molecule has 0 unspecified atom stereocenters. The fourth-order valence-electron chi connectivity index (χ4n) is 3.68. The minimum atomic E-state index is -3.84. The Morgan fingerprint density at radius 2 is 1.67 bits per heavy atom. The molecule has 0 aromatic heterocycles. The molecule has 11 heteroatoms. The first-order chi connectivity index (χ1) is 17.0. The largest absolute Gasteiger partial charge is 0.486 e. The quantitative estimate of drug-likeness (QED) is 0.499. The van der Waals surface area contributed by atoms with Crippen molar-refractivity contribution < 1.29 is 27.5 Å². The Bertz CT molecular complexity index is 1190. The van der Waals surface area contributed by atoms with E-state index in [1.54, 1.807) is 49.4 Å². The van der Waals surface area contributed by atoms with Gasteiger partial charge in [-0.25, -0.2) is 8.42 Å². The number of carbonyl (C=O) groups excluding carboxylic acids is 2. The van der Waals surface area contributed by atoms with Crippen LogP contribution in [0.4, 0.5) is 5.69 Å². The molecule has 196 valence electrons. The Morgan fingerprint density at radius 3 is 2.28 bits per heavy atom. The first-order valence-electron chi connectivity index (χ1n) is 11.8. The maximum atomic E-state index is 13.6. The van der Waals surface area contributed by atoms with Gasteiger partial charge in [0, 0.05) is 23.7 Å². The van der Waals surface area contributed by atoms with E-state index in [0.717, 1.165) is 9.87 Å². The van der Waals surface area contributed by atoms with Crippen molar-refractivity contribution in [3.8, 4) is 11.5 Å². The number of nitrogens with zero attached hydrogens (tertiary/aromatic N) is 2. The molecule has 2 aromatic carbocycles. The fourth-order valence-corrected chi connectivity index (χ4v) is 4.86. The molecule has 1 N–H and O–H groups in total. The lowest BCUT2D eigenvalue weighted by Crippen LogP contribution is -2.52. The highest BCUT2D eigenvalue weighted by Crippen LogP contribution is 2.35. The number of nitrogens with one attached hydrogen (secondary N) is 1. The van der Waals surface area contributed by atoms with Gasteiger partial charge in [0.2, 0.25) is 21.8 Å². The lowest BCUT2D eigenvalue weighted by molar-refractivity contribution is -0.139. The Hall–Kier alpha value is -2.98. The van der Waals surface area contributed by atoms with Crippen molar-refractivity contribution in [3.63, 3.8) is 0 Å². The second kappa shape index (κ2) is 11.8. The van der Waals surface area contributed by atoms with Gasteiger partial charge in [0.1, 0.15) is 25.8 Å². The van der Waals surface area contributed by atoms with Gasteiger partial charge in [-0.05, 0) is 57.5 Å². The highest BCUT2D eigenvalue weighted by Gasteiger charge is 2.31. The molecule has 1 aliphatic rings. The van der Waals surface area contributed by atoms with Crippen LogP contribution in [0.3, 0.4) is 0 Å². The molecule has 0 fully saturated rings. The van der Waals surface area contributed by atoms with Gasteiger partial charge < -0.3 is 19.7 Å². The zero-order valence-corrected chi connectivity index (χ0v) is 22.4. The molecule has 0 saturated heterocycles. The molecule has 0 aliphatic carbocycles. The first kappa shape index (κ1) is 27.6. The van der Waals surface area contributed by atoms with Crippen LogP contribution in [-0.2, 0) is 26.2 Å². The fraction of sp³-hybridized carbons (Fsp3) is 0.440. The normalized spacial score (nSPS) is 13.7. The minimum absolute atomic E-state index is 0.101. The standard InChI is InChI=1S/C25H32ClN3O6S/c1-5-36(32,33)29(21-10-11-22-23(14-21)35-13-12-34-22)16-24(30)28(18(4)25(31)27-17(2)3)15-19-6-8-20(26)9-7-19/h6-11,14,17-18H,5,12-13,15-16H2,1-4H3,(H,27,31)/t18-/m0/s1. The third-order valence-corrected chi connectivity index (χ3v) is 7.65. The Balaban J connectivity index is 1.94. The monoisotopic (exact) mass is 537 g/mol. The summed E-state index contributed by atoms with van der Waals surface area (Å²) in [6, 6.07) is 10.7. The lowest BCUT2D eigenvalue weighted by atomic mass is 10.1. The summed E-state index contributed by atoms with van der Waals surface area (Å²) in [6.07, 6.45) is 0. The van der Waals surface area contributed by atoms with Gasteiger partial charge >= 0.3 is 0 Å². The van der Waals surface area contributed by atoms with Crippen molar-refractivity contribution in [2.45, 2.75) is 46.3 Å². The van der Waals surface area contributed by atoms with E-state index in [4.69, 9.17) is 21.1 Å². The average molecular weight is 538 g/mol. The predicted molar refractivity (Wildman–Crippen MR) is 139 cm³/mol. The maximum absolute atomic E-state index is 13.6. The summed E-state index contributed by atoms with van der Waals surface area (Å²) in [6.45, 7) is 7.14. The van der Waals surface area contributed by atoms with Gasteiger partial charge in [-0.3, -0.25) is 13.9 Å². The predicted octanol–water partition coefficient (Wildman–Crippen LogP) is 3.21. The third kappa shape index (κ3) is 6.82. The van der Waals surface area contributed by atoms with Crippen LogP contribution in [0.5, 0.6) is 11.5 Å². The molecule has 0 radical (unpaired) electrons. The van der Waals surface area contributed by atoms with Gasteiger partial charge in [0.25, 0.3) is 0 Å². The van der Waals surface area contributed by atoms with Gasteiger partial charge in [-0.2, -0.15) is 0 Å². The van der Waals surface area contributed by atoms with Crippen LogP contribution in [0.1, 0.15) is 33.3 Å². The molecule has 9 nitrogen and oxygen atoms in total. The minimum Gasteiger partial charge on any atom is -0.486 e. The van der Waals surface area contributed by atoms with Crippen molar-refractivity contribution in [2.24, 2.45) is 0 Å². The zero-order chi connectivity index (χ0) is 26.5. The van der Waals surface area contributed by atoms with Crippen molar-refractivity contribution in [1.29, 1.82) is 0 Å². The number of hydrogen-bond donors (Lipinski definition) is 1. The molecule has 1 aliphatic heterocycles. The number of amides is 2. The smallest absolute Gasteiger partial charge is 0.244 e. The Labute approximate surface area is 217 Å². The summed E-state index contributed by atoms with van der Waals surface area (Å²) in [5.41, 5.74) is 1.03. The molecule has 1 atom stereocenters. The zero-order valence-electron chi connectivity index (χ0n) is 20.9. The van der Waals surface area contributed by atoms with Gasteiger partial charge in [-0.15, -0.1) is 0 Å². The van der Waals surface area contributed by atoms with E-state index >= 15 is 0 Å². The second-order valence-electron chi connectivity index (χ2n) is 8.72. The summed E-state index contributed by atoms with van der Waals surface area (Å²) in [7, 11) is -3.84. The van der Waals surface area contributed by atoms with Crippen LogP contribution in [0, 0.1) is 0 Å². The topological polar surface area (TPSA) is 105 Å². The van der Waals surface area contributed by atoms with Crippen molar-refractivity contribution in [2.75, 3.05) is 29.8 Å². The van der Waals surface area contributed by atoms with Crippen LogP contribution in [0.15, 0.2) is 42.5 Å². The van der Waals surface area contributed by atoms with Crippen LogP contribution < -0.4 is 19.1 Å². The number of sulfonamides is 1. The van der Waals surface area contributed by atoms with Crippen molar-refractivity contribution in [1.82, 2.24) is 10.2 Å². The van der Waals surface area contributed by atoms with Gasteiger partial charge in [0.15, 0.2) is 11.5 Å². The summed E-state index contributed by atoms with van der Waals surface area (Å²) in [4.78, 5) is 27.8. The SMILES string of the molecule is CCS(=O)(=O)N(CC(=O)N(Cc1ccc(Cl)cc1)[C@@H](C)C(=O)NC(C)C)c1ccc2c(c1)OCCO2. The van der Waals surface area contributed by atoms with E-state index in [9.17, 15) is 18.0 Å². The summed E-state index contributed by atoms with van der Waals surface area (Å²) >= 11 is 6.00. The molecule has 3 rings (SSSR count). The lowest BCUT2D eigenvalue weighted by Gasteiger charge is -2.32. The molecule has 0 spiro atoms. The van der Waals surface area contributed by atoms with Crippen LogP contribution in [0.25, 0.3) is 0 Å². The van der Waals surface area contributed by atoms with E-state index in [1.807, 2.05) is 13.8 Å². The van der Waals surface area contributed by atoms with Crippen molar-refractivity contribution >= 4 is 39.1 Å². The average Bonchev–Trinajstić information content (AvgIpc) is 2.85. The highest BCUT2D eigenvalue weighted by molar-refractivity contribution is 7.92. The number of benzene rings is 2. The molecule has 0 bridgehead atoms. The molecule has 0 saturated carbocycles. The van der Waals surface area contributed by atoms with Crippen LogP contribution in [0.2, 0.25) is 5.02 Å². The molecule has 1 heterocycles. The summed E-state index contributed by atoms with van der Waals surface area (Å²) in [5.74, 6) is -0.159. The number of fused-ring (bicyclic) bond motifs is 1. The van der Waals surface area contributed by atoms with Gasteiger partial charge in [-0.1, -0.05) is 23.7 Å². The number of ether oxygens (including phenoxy) is 2. The molecular formula is C25H32ClN3O6S.